The zero-order valence-electron chi connectivity index (χ0n) is 20.2. The van der Waals surface area contributed by atoms with Gasteiger partial charge in [-0.25, -0.2) is 14.8 Å². The van der Waals surface area contributed by atoms with Gasteiger partial charge in [0.1, 0.15) is 12.0 Å². The molecule has 1 aliphatic heterocycles. The number of likely N-dealkylation sites (tertiary alicyclic amines) is 1. The van der Waals surface area contributed by atoms with Crippen LogP contribution in [0.25, 0.3) is 10.9 Å². The summed E-state index contributed by atoms with van der Waals surface area (Å²) >= 11 is 0. The number of nitrogens with one attached hydrogen (secondary N) is 1. The van der Waals surface area contributed by atoms with Crippen molar-refractivity contribution in [3.63, 3.8) is 0 Å². The summed E-state index contributed by atoms with van der Waals surface area (Å²) in [5, 5.41) is 13.1. The molecule has 4 aromatic rings. The van der Waals surface area contributed by atoms with Crippen molar-refractivity contribution in [1.82, 2.24) is 19.5 Å². The van der Waals surface area contributed by atoms with Gasteiger partial charge in [0.05, 0.1) is 31.8 Å². The molecule has 0 saturated carbocycles. The van der Waals surface area contributed by atoms with Crippen molar-refractivity contribution in [3.8, 4) is 6.07 Å². The Kier molecular flexibility index (Phi) is 6.04. The van der Waals surface area contributed by atoms with Gasteiger partial charge in [-0.05, 0) is 47.9 Å². The summed E-state index contributed by atoms with van der Waals surface area (Å²) in [7, 11) is 4.00. The second-order valence-electron chi connectivity index (χ2n) is 9.44. The normalized spacial score (nSPS) is 19.5. The lowest BCUT2D eigenvalue weighted by Crippen LogP contribution is -2.53. The number of nitriles is 1. The van der Waals surface area contributed by atoms with Gasteiger partial charge in [-0.15, -0.1) is 0 Å². The predicted molar refractivity (Wildman–Crippen MR) is 134 cm³/mol. The molecule has 36 heavy (non-hydrogen) atoms. The average Bonchev–Trinajstić information content (AvgIpc) is 3.24. The minimum Gasteiger partial charge on any atom is -0.350 e. The van der Waals surface area contributed by atoms with Gasteiger partial charge >= 0.3 is 5.91 Å². The number of fused-ring (bicyclic) bond motifs is 1. The minimum atomic E-state index is -0.363. The molecule has 3 aromatic heterocycles. The number of piperidine rings is 1. The van der Waals surface area contributed by atoms with Crippen molar-refractivity contribution in [2.75, 3.05) is 25.5 Å². The Balaban J connectivity index is 1.36. The summed E-state index contributed by atoms with van der Waals surface area (Å²) in [6.07, 6.45) is 8.36. The lowest BCUT2D eigenvalue weighted by atomic mass is 9.88. The summed E-state index contributed by atoms with van der Waals surface area (Å²) in [4.78, 5) is 38.0. The summed E-state index contributed by atoms with van der Waals surface area (Å²) in [6.45, 7) is 1.45. The van der Waals surface area contributed by atoms with Gasteiger partial charge in [-0.1, -0.05) is 0 Å². The maximum Gasteiger partial charge on any atom is 0.364 e. The summed E-state index contributed by atoms with van der Waals surface area (Å²) in [6, 6.07) is 12.6. The van der Waals surface area contributed by atoms with E-state index in [-0.39, 0.29) is 17.5 Å². The number of aromatic nitrogens is 4. The number of rotatable bonds is 4. The molecule has 4 heterocycles. The third kappa shape index (κ3) is 4.34. The molecule has 1 saturated heterocycles. The summed E-state index contributed by atoms with van der Waals surface area (Å²) in [5.41, 5.74) is 3.99. The molecule has 1 aromatic carbocycles. The highest BCUT2D eigenvalue weighted by molar-refractivity contribution is 6.04. The molecule has 5 rings (SSSR count). The van der Waals surface area contributed by atoms with E-state index in [1.54, 1.807) is 18.3 Å². The quantitative estimate of drug-likeness (QED) is 0.446. The fraction of sp³-hybridized carbons (Fsp3) is 0.259. The van der Waals surface area contributed by atoms with Crippen LogP contribution < -0.4 is 5.32 Å². The molecule has 2 amide bonds. The smallest absolute Gasteiger partial charge is 0.350 e. The number of amides is 2. The minimum absolute atomic E-state index is 0.0212. The first-order valence-corrected chi connectivity index (χ1v) is 11.8. The van der Waals surface area contributed by atoms with Crippen molar-refractivity contribution in [1.29, 1.82) is 5.26 Å². The first kappa shape index (κ1) is 23.3. The molecule has 0 bridgehead atoms. The number of pyridine rings is 1. The third-order valence-electron chi connectivity index (χ3n) is 7.07. The fourth-order valence-corrected chi connectivity index (χ4v) is 4.99. The van der Waals surface area contributed by atoms with E-state index in [1.165, 1.54) is 24.2 Å². The van der Waals surface area contributed by atoms with Crippen LogP contribution in [-0.2, 0) is 7.05 Å². The van der Waals surface area contributed by atoms with Crippen LogP contribution in [0, 0.1) is 11.3 Å². The van der Waals surface area contributed by atoms with E-state index >= 15 is 0 Å². The Morgan fingerprint density at radius 1 is 1.08 bits per heavy atom. The van der Waals surface area contributed by atoms with Crippen LogP contribution in [0.2, 0.25) is 0 Å². The molecule has 0 radical (unpaired) electrons. The first-order chi connectivity index (χ1) is 17.4. The molecule has 0 aliphatic carbocycles. The number of carbonyl (C=O) groups excluding carboxylic acids is 2. The summed E-state index contributed by atoms with van der Waals surface area (Å²) < 4.78 is 2.43. The second-order valence-corrected chi connectivity index (χ2v) is 9.44. The van der Waals surface area contributed by atoms with Gasteiger partial charge in [0.15, 0.2) is 5.69 Å². The maximum atomic E-state index is 13.1. The Bertz CT molecular complexity index is 1500. The largest absolute Gasteiger partial charge is 0.364 e. The van der Waals surface area contributed by atoms with Crippen LogP contribution in [0.4, 0.5) is 5.69 Å². The number of benzene rings is 1. The molecular formula is C27H26N7O2+. The van der Waals surface area contributed by atoms with Crippen LogP contribution in [0.3, 0.4) is 0 Å². The number of quaternary nitrogens is 1. The number of hydrogen-bond donors (Lipinski definition) is 1. The number of anilines is 1. The van der Waals surface area contributed by atoms with E-state index in [4.69, 9.17) is 5.26 Å². The van der Waals surface area contributed by atoms with E-state index in [2.05, 4.69) is 31.0 Å². The Morgan fingerprint density at radius 2 is 1.89 bits per heavy atom. The maximum absolute atomic E-state index is 13.1. The second kappa shape index (κ2) is 9.32. The SMILES string of the molecule is Cn1cc(C2CC[N+](C)(C(=O)c3ccncn3)CC2)c2cc(NC(=O)c3cc(C#N)ccn3)ccc21. The van der Waals surface area contributed by atoms with Crippen LogP contribution in [0.5, 0.6) is 0 Å². The number of nitrogens with zero attached hydrogens (tertiary/aromatic N) is 6. The van der Waals surface area contributed by atoms with E-state index in [0.717, 1.165) is 36.8 Å². The van der Waals surface area contributed by atoms with Gasteiger partial charge < -0.3 is 9.88 Å². The van der Waals surface area contributed by atoms with Gasteiger partial charge in [-0.3, -0.25) is 14.3 Å². The van der Waals surface area contributed by atoms with Gasteiger partial charge in [-0.2, -0.15) is 5.26 Å². The molecule has 0 atom stereocenters. The Hall–Kier alpha value is -4.42. The van der Waals surface area contributed by atoms with E-state index in [9.17, 15) is 9.59 Å². The Morgan fingerprint density at radius 3 is 2.61 bits per heavy atom. The van der Waals surface area contributed by atoms with E-state index in [1.807, 2.05) is 38.4 Å². The van der Waals surface area contributed by atoms with E-state index < -0.39 is 0 Å². The van der Waals surface area contributed by atoms with Crippen molar-refractivity contribution in [2.24, 2.45) is 7.05 Å². The van der Waals surface area contributed by atoms with Crippen LogP contribution in [0.15, 0.2) is 61.3 Å². The highest BCUT2D eigenvalue weighted by Crippen LogP contribution is 2.37. The lowest BCUT2D eigenvalue weighted by molar-refractivity contribution is -0.834. The molecule has 9 heteroatoms. The van der Waals surface area contributed by atoms with Gasteiger partial charge in [0.25, 0.3) is 5.91 Å². The zero-order valence-corrected chi connectivity index (χ0v) is 20.2. The number of carbonyl (C=O) groups is 2. The third-order valence-corrected chi connectivity index (χ3v) is 7.07. The highest BCUT2D eigenvalue weighted by atomic mass is 16.2. The van der Waals surface area contributed by atoms with Gasteiger partial charge in [0, 0.05) is 55.1 Å². The Labute approximate surface area is 208 Å². The molecule has 9 nitrogen and oxygen atoms in total. The van der Waals surface area contributed by atoms with Crippen LogP contribution >= 0.6 is 0 Å². The fourth-order valence-electron chi connectivity index (χ4n) is 4.99. The predicted octanol–water partition coefficient (Wildman–Crippen LogP) is 3.65. The topological polar surface area (TPSA) is 114 Å². The van der Waals surface area contributed by atoms with Gasteiger partial charge in [0.2, 0.25) is 0 Å². The number of aryl methyl sites for hydroxylation is 1. The standard InChI is InChI=1S/C27H25N7O2/c1-33-16-22(19-7-11-34(2,12-8-19)27(36)23-6-9-29-17-31-23)21-14-20(3-4-25(21)33)32-26(35)24-13-18(15-28)5-10-30-24/h3-6,9-10,13-14,16-17,19H,7-8,11-12H2,1-2H3/p+1. The van der Waals surface area contributed by atoms with Crippen molar-refractivity contribution < 1.29 is 14.1 Å². The van der Waals surface area contributed by atoms with Crippen molar-refractivity contribution in [2.45, 2.75) is 18.8 Å². The van der Waals surface area contributed by atoms with Crippen LogP contribution in [-0.4, -0.2) is 56.0 Å². The summed E-state index contributed by atoms with van der Waals surface area (Å²) in [5.74, 6) is -0.0382. The molecular weight excluding hydrogens is 454 g/mol. The monoisotopic (exact) mass is 480 g/mol. The molecule has 0 spiro atoms. The zero-order chi connectivity index (χ0) is 25.3. The average molecular weight is 481 g/mol. The molecule has 180 valence electrons. The number of hydrogen-bond acceptors (Lipinski definition) is 6. The molecule has 1 N–H and O–H groups in total. The first-order valence-electron chi connectivity index (χ1n) is 11.8. The molecule has 1 fully saturated rings. The highest BCUT2D eigenvalue weighted by Gasteiger charge is 2.39. The van der Waals surface area contributed by atoms with Crippen molar-refractivity contribution in [3.05, 3.63) is 83.8 Å². The lowest BCUT2D eigenvalue weighted by Gasteiger charge is -2.37. The van der Waals surface area contributed by atoms with Crippen LogP contribution in [0.1, 0.15) is 50.9 Å². The van der Waals surface area contributed by atoms with Crippen molar-refractivity contribution >= 4 is 28.4 Å². The molecule has 0 unspecified atom stereocenters. The van der Waals surface area contributed by atoms with E-state index in [0.29, 0.717) is 27.3 Å². The molecule has 1 aliphatic rings.